The van der Waals surface area contributed by atoms with E-state index in [1.165, 1.54) is 36.7 Å². The van der Waals surface area contributed by atoms with Gasteiger partial charge in [0.05, 0.1) is 0 Å². The highest BCUT2D eigenvalue weighted by atomic mass is 35.5. The highest BCUT2D eigenvalue weighted by Crippen LogP contribution is 2.57. The number of benzene rings is 1. The lowest BCUT2D eigenvalue weighted by Crippen LogP contribution is -2.48. The Morgan fingerprint density at radius 2 is 1.75 bits per heavy atom. The molecule has 3 atom stereocenters. The molecule has 1 aliphatic carbocycles. The molecule has 0 radical (unpaired) electrons. The average molecular weight is 535 g/mol. The number of hydrogen-bond acceptors (Lipinski definition) is 3. The van der Waals surface area contributed by atoms with Gasteiger partial charge in [-0.15, -0.1) is 11.6 Å². The second kappa shape index (κ2) is 11.0. The summed E-state index contributed by atoms with van der Waals surface area (Å²) in [6, 6.07) is 4.64. The van der Waals surface area contributed by atoms with E-state index in [1.807, 2.05) is 0 Å². The van der Waals surface area contributed by atoms with Crippen molar-refractivity contribution in [2.75, 3.05) is 5.88 Å². The fraction of sp³-hybridized carbons (Fsp3) is 0.774. The van der Waals surface area contributed by atoms with Crippen molar-refractivity contribution in [3.05, 3.63) is 23.3 Å². The smallest absolute Gasteiger partial charge is 0.250 e. The molecule has 1 heterocycles. The molecule has 204 valence electrons. The van der Waals surface area contributed by atoms with Gasteiger partial charge in [-0.3, -0.25) is 0 Å². The summed E-state index contributed by atoms with van der Waals surface area (Å²) in [5.74, 6) is 3.56. The van der Waals surface area contributed by atoms with Gasteiger partial charge in [0, 0.05) is 23.3 Å². The van der Waals surface area contributed by atoms with E-state index >= 15 is 0 Å². The molecule has 1 aromatic carbocycles. The van der Waals surface area contributed by atoms with Crippen LogP contribution in [0.1, 0.15) is 117 Å². The molecule has 0 saturated heterocycles. The van der Waals surface area contributed by atoms with Crippen molar-refractivity contribution in [2.24, 2.45) is 11.8 Å². The van der Waals surface area contributed by atoms with Crippen LogP contribution in [0, 0.1) is 11.8 Å². The maximum absolute atomic E-state index is 11.8. The minimum Gasteiger partial charge on any atom is -0.543 e. The predicted molar refractivity (Wildman–Crippen MR) is 155 cm³/mol. The molecule has 3 rings (SSSR count). The van der Waals surface area contributed by atoms with Crippen LogP contribution in [-0.4, -0.2) is 26.1 Å². The van der Waals surface area contributed by atoms with Crippen molar-refractivity contribution < 1.29 is 14.0 Å². The minimum absolute atomic E-state index is 0.0176. The molecular weight excluding hydrogens is 484 g/mol. The number of halogens is 1. The zero-order valence-corrected chi connectivity index (χ0v) is 26.2. The van der Waals surface area contributed by atoms with Gasteiger partial charge in [0.25, 0.3) is 0 Å². The van der Waals surface area contributed by atoms with Crippen LogP contribution >= 0.6 is 11.6 Å². The number of alkyl halides is 1. The van der Waals surface area contributed by atoms with Crippen LogP contribution in [0.15, 0.2) is 12.1 Å². The van der Waals surface area contributed by atoms with Gasteiger partial charge in [0.1, 0.15) is 23.4 Å². The minimum atomic E-state index is -2.08. The molecule has 5 heteroatoms. The zero-order valence-electron chi connectivity index (χ0n) is 24.4. The summed E-state index contributed by atoms with van der Waals surface area (Å²) in [5.41, 5.74) is 2.27. The molecule has 1 fully saturated rings. The molecule has 1 unspecified atom stereocenters. The number of carbonyl (C=O) groups is 1. The standard InChI is InChI=1S/C31H51ClO3Si/c1-29(2,3)36(8,9)35-27-20-23(30(4,5)16-12-10-11-13-17-32)19-26-28(27)24-18-22(21-33)14-15-25(24)31(6,7)34-26/h19-22,24-25H,10-18H2,1-9H3/t22?,24-,25-/m1/s1. The van der Waals surface area contributed by atoms with Gasteiger partial charge in [0.2, 0.25) is 8.32 Å². The lowest BCUT2D eigenvalue weighted by molar-refractivity contribution is -0.113. The normalized spacial score (nSPS) is 23.9. The largest absolute Gasteiger partial charge is 0.543 e. The summed E-state index contributed by atoms with van der Waals surface area (Å²) in [7, 11) is -2.08. The Morgan fingerprint density at radius 1 is 1.08 bits per heavy atom. The molecule has 2 aliphatic rings. The van der Waals surface area contributed by atoms with Crippen LogP contribution in [0.4, 0.5) is 0 Å². The molecule has 0 bridgehead atoms. The third-order valence-corrected chi connectivity index (χ3v) is 14.1. The molecule has 36 heavy (non-hydrogen) atoms. The van der Waals surface area contributed by atoms with E-state index in [4.69, 9.17) is 20.8 Å². The number of carbonyl (C=O) groups excluding carboxylic acids is 1. The number of unbranched alkanes of at least 4 members (excludes halogenated alkanes) is 3. The highest BCUT2D eigenvalue weighted by molar-refractivity contribution is 6.74. The molecular formula is C31H51ClO3Si. The Bertz CT molecular complexity index is 915. The van der Waals surface area contributed by atoms with Gasteiger partial charge in [-0.05, 0) is 93.1 Å². The lowest BCUT2D eigenvalue weighted by Gasteiger charge is -2.50. The summed E-state index contributed by atoms with van der Waals surface area (Å²) in [4.78, 5) is 11.8. The van der Waals surface area contributed by atoms with Crippen molar-refractivity contribution in [1.29, 1.82) is 0 Å². The molecule has 0 N–H and O–H groups in total. The van der Waals surface area contributed by atoms with Gasteiger partial charge >= 0.3 is 0 Å². The highest BCUT2D eigenvalue weighted by Gasteiger charge is 2.49. The molecule has 3 nitrogen and oxygen atoms in total. The third-order valence-electron chi connectivity index (χ3n) is 9.46. The van der Waals surface area contributed by atoms with E-state index in [1.54, 1.807) is 0 Å². The van der Waals surface area contributed by atoms with Crippen molar-refractivity contribution in [3.63, 3.8) is 0 Å². The number of rotatable bonds is 10. The summed E-state index contributed by atoms with van der Waals surface area (Å²) in [6.45, 7) is 20.7. The monoisotopic (exact) mass is 534 g/mol. The predicted octanol–water partition coefficient (Wildman–Crippen LogP) is 9.41. The Hall–Kier alpha value is -1.00. The third kappa shape index (κ3) is 6.34. The molecule has 0 aromatic heterocycles. The van der Waals surface area contributed by atoms with E-state index in [0.717, 1.165) is 49.5 Å². The second-order valence-corrected chi connectivity index (χ2v) is 19.2. The first-order valence-electron chi connectivity index (χ1n) is 14.2. The maximum Gasteiger partial charge on any atom is 0.250 e. The maximum atomic E-state index is 11.8. The Labute approximate surface area is 227 Å². The number of fused-ring (bicyclic) bond motifs is 3. The van der Waals surface area contributed by atoms with E-state index < -0.39 is 8.32 Å². The quantitative estimate of drug-likeness (QED) is 0.130. The van der Waals surface area contributed by atoms with Crippen LogP contribution in [0.2, 0.25) is 18.1 Å². The van der Waals surface area contributed by atoms with Gasteiger partial charge < -0.3 is 14.0 Å². The van der Waals surface area contributed by atoms with Crippen molar-refractivity contribution in [3.8, 4) is 11.5 Å². The second-order valence-electron chi connectivity index (χ2n) is 14.1. The summed E-state index contributed by atoms with van der Waals surface area (Å²) in [6.07, 6.45) is 9.87. The van der Waals surface area contributed by atoms with Crippen LogP contribution in [-0.2, 0) is 10.2 Å². The van der Waals surface area contributed by atoms with Gasteiger partial charge in [-0.2, -0.15) is 0 Å². The summed E-state index contributed by atoms with van der Waals surface area (Å²) >= 11 is 5.88. The van der Waals surface area contributed by atoms with Crippen LogP contribution in [0.5, 0.6) is 11.5 Å². The van der Waals surface area contributed by atoms with E-state index in [0.29, 0.717) is 11.8 Å². The van der Waals surface area contributed by atoms with Crippen LogP contribution in [0.25, 0.3) is 0 Å². The lowest BCUT2D eigenvalue weighted by atomic mass is 9.64. The first-order valence-corrected chi connectivity index (χ1v) is 17.6. The number of ether oxygens (including phenoxy) is 1. The fourth-order valence-electron chi connectivity index (χ4n) is 5.95. The van der Waals surface area contributed by atoms with Crippen molar-refractivity contribution in [2.45, 2.75) is 135 Å². The first kappa shape index (κ1) is 29.6. The van der Waals surface area contributed by atoms with Crippen molar-refractivity contribution >= 4 is 26.2 Å². The molecule has 0 spiro atoms. The topological polar surface area (TPSA) is 35.5 Å². The fourth-order valence-corrected chi connectivity index (χ4v) is 7.16. The van der Waals surface area contributed by atoms with E-state index in [2.05, 4.69) is 73.7 Å². The van der Waals surface area contributed by atoms with Crippen molar-refractivity contribution in [1.82, 2.24) is 0 Å². The Kier molecular flexibility index (Phi) is 9.03. The van der Waals surface area contributed by atoms with E-state index in [-0.39, 0.29) is 22.0 Å². The average Bonchev–Trinajstić information content (AvgIpc) is 2.76. The van der Waals surface area contributed by atoms with Gasteiger partial charge in [0.15, 0.2) is 0 Å². The summed E-state index contributed by atoms with van der Waals surface area (Å²) < 4.78 is 13.9. The molecule has 0 amide bonds. The SMILES string of the molecule is CC(C)(CCCCCCCl)c1cc2c(c(O[Si](C)(C)C(C)(C)C)c1)[C@@H]1CC(C=O)CC[C@H]1C(C)(C)O2. The van der Waals surface area contributed by atoms with Crippen LogP contribution < -0.4 is 9.16 Å². The Balaban J connectivity index is 2.08. The number of hydrogen-bond donors (Lipinski definition) is 0. The van der Waals surface area contributed by atoms with Gasteiger partial charge in [-0.1, -0.05) is 53.9 Å². The molecule has 1 aliphatic heterocycles. The van der Waals surface area contributed by atoms with Crippen LogP contribution in [0.3, 0.4) is 0 Å². The molecule has 1 saturated carbocycles. The van der Waals surface area contributed by atoms with E-state index in [9.17, 15) is 4.79 Å². The molecule has 1 aromatic rings. The number of aldehydes is 1. The first-order chi connectivity index (χ1) is 16.6. The zero-order chi connectivity index (χ0) is 26.9. The summed E-state index contributed by atoms with van der Waals surface area (Å²) in [5, 5.41) is 0.0971. The van der Waals surface area contributed by atoms with Gasteiger partial charge in [-0.25, -0.2) is 0 Å². The Morgan fingerprint density at radius 3 is 2.36 bits per heavy atom.